The van der Waals surface area contributed by atoms with Gasteiger partial charge in [0.25, 0.3) is 0 Å². The summed E-state index contributed by atoms with van der Waals surface area (Å²) in [5.74, 6) is 0.959. The maximum atomic E-state index is 13.5. The third-order valence-electron chi connectivity index (χ3n) is 2.34. The lowest BCUT2D eigenvalue weighted by atomic mass is 10.1. The van der Waals surface area contributed by atoms with Crippen LogP contribution in [0, 0.1) is 5.82 Å². The minimum Gasteiger partial charge on any atom is -0.313 e. The first-order valence-corrected chi connectivity index (χ1v) is 7.48. The molecular formula is C12H17BrFNS. The predicted octanol–water partition coefficient (Wildman–Crippen LogP) is 3.47. The van der Waals surface area contributed by atoms with Crippen molar-refractivity contribution in [2.24, 2.45) is 0 Å². The van der Waals surface area contributed by atoms with E-state index in [2.05, 4.69) is 34.4 Å². The summed E-state index contributed by atoms with van der Waals surface area (Å²) >= 11 is 5.07. The lowest BCUT2D eigenvalue weighted by Gasteiger charge is -2.14. The van der Waals surface area contributed by atoms with E-state index in [1.54, 1.807) is 0 Å². The number of benzene rings is 1. The van der Waals surface area contributed by atoms with Crippen LogP contribution in [0.15, 0.2) is 22.7 Å². The Morgan fingerprint density at radius 2 is 2.25 bits per heavy atom. The molecule has 0 bridgehead atoms. The van der Waals surface area contributed by atoms with E-state index in [-0.39, 0.29) is 5.82 Å². The van der Waals surface area contributed by atoms with E-state index in [9.17, 15) is 4.39 Å². The van der Waals surface area contributed by atoms with Crippen molar-refractivity contribution in [2.45, 2.75) is 19.4 Å². The van der Waals surface area contributed by atoms with Gasteiger partial charge in [-0.2, -0.15) is 11.8 Å². The summed E-state index contributed by atoms with van der Waals surface area (Å²) < 4.78 is 14.3. The average molecular weight is 306 g/mol. The molecule has 0 saturated carbocycles. The summed E-state index contributed by atoms with van der Waals surface area (Å²) in [6.45, 7) is 3.06. The van der Waals surface area contributed by atoms with Gasteiger partial charge >= 0.3 is 0 Å². The maximum Gasteiger partial charge on any atom is 0.127 e. The van der Waals surface area contributed by atoms with Gasteiger partial charge in [-0.15, -0.1) is 0 Å². The summed E-state index contributed by atoms with van der Waals surface area (Å²) in [6, 6.07) is 5.55. The molecule has 0 spiro atoms. The molecular weight excluding hydrogens is 289 g/mol. The molecule has 0 radical (unpaired) electrons. The fourth-order valence-electron chi connectivity index (χ4n) is 1.50. The van der Waals surface area contributed by atoms with Crippen LogP contribution < -0.4 is 5.32 Å². The van der Waals surface area contributed by atoms with Crippen molar-refractivity contribution >= 4 is 27.7 Å². The van der Waals surface area contributed by atoms with Gasteiger partial charge in [0.1, 0.15) is 5.82 Å². The second kappa shape index (κ2) is 7.30. The van der Waals surface area contributed by atoms with Crippen molar-refractivity contribution in [2.75, 3.05) is 18.6 Å². The molecule has 0 aromatic heterocycles. The van der Waals surface area contributed by atoms with Gasteiger partial charge in [0, 0.05) is 22.8 Å². The summed E-state index contributed by atoms with van der Waals surface area (Å²) in [7, 11) is 0. The van der Waals surface area contributed by atoms with Crippen molar-refractivity contribution in [3.05, 3.63) is 34.1 Å². The zero-order chi connectivity index (χ0) is 12.0. The Bertz CT molecular complexity index is 333. The Kier molecular flexibility index (Phi) is 6.39. The lowest BCUT2D eigenvalue weighted by Crippen LogP contribution is -2.30. The number of rotatable bonds is 6. The van der Waals surface area contributed by atoms with Crippen LogP contribution in [0.1, 0.15) is 12.5 Å². The molecule has 1 aromatic rings. The molecule has 1 atom stereocenters. The van der Waals surface area contributed by atoms with Crippen molar-refractivity contribution in [3.63, 3.8) is 0 Å². The zero-order valence-corrected chi connectivity index (χ0v) is 12.0. The van der Waals surface area contributed by atoms with Crippen LogP contribution in [-0.2, 0) is 6.42 Å². The smallest absolute Gasteiger partial charge is 0.127 e. The molecule has 0 heterocycles. The van der Waals surface area contributed by atoms with Gasteiger partial charge < -0.3 is 5.32 Å². The monoisotopic (exact) mass is 305 g/mol. The fourth-order valence-corrected chi connectivity index (χ4v) is 2.15. The SMILES string of the molecule is CSCCNC(C)Cc1ccc(Br)cc1F. The highest BCUT2D eigenvalue weighted by molar-refractivity contribution is 9.10. The normalized spacial score (nSPS) is 12.8. The number of halogens is 2. The molecule has 0 aliphatic carbocycles. The molecule has 1 rings (SSSR count). The second-order valence-corrected chi connectivity index (χ2v) is 5.69. The third kappa shape index (κ3) is 4.85. The van der Waals surface area contributed by atoms with Crippen LogP contribution in [0.25, 0.3) is 0 Å². The third-order valence-corrected chi connectivity index (χ3v) is 3.45. The van der Waals surface area contributed by atoms with Crippen LogP contribution in [-0.4, -0.2) is 24.6 Å². The highest BCUT2D eigenvalue weighted by Crippen LogP contribution is 2.16. The minimum atomic E-state index is -0.132. The van der Waals surface area contributed by atoms with Gasteiger partial charge in [-0.05, 0) is 37.3 Å². The minimum absolute atomic E-state index is 0.132. The zero-order valence-electron chi connectivity index (χ0n) is 9.59. The number of nitrogens with one attached hydrogen (secondary N) is 1. The molecule has 0 amide bonds. The molecule has 0 aliphatic heterocycles. The molecule has 1 unspecified atom stereocenters. The quantitative estimate of drug-likeness (QED) is 0.808. The number of hydrogen-bond acceptors (Lipinski definition) is 2. The van der Waals surface area contributed by atoms with Crippen LogP contribution in [0.5, 0.6) is 0 Å². The molecule has 0 aliphatic rings. The Morgan fingerprint density at radius 1 is 1.50 bits per heavy atom. The topological polar surface area (TPSA) is 12.0 Å². The van der Waals surface area contributed by atoms with E-state index in [1.165, 1.54) is 6.07 Å². The van der Waals surface area contributed by atoms with E-state index in [0.29, 0.717) is 6.04 Å². The maximum absolute atomic E-state index is 13.5. The number of thioether (sulfide) groups is 1. The molecule has 90 valence electrons. The second-order valence-electron chi connectivity index (χ2n) is 3.79. The van der Waals surface area contributed by atoms with E-state index < -0.39 is 0 Å². The van der Waals surface area contributed by atoms with Crippen LogP contribution >= 0.6 is 27.7 Å². The Balaban J connectivity index is 2.46. The van der Waals surface area contributed by atoms with E-state index in [0.717, 1.165) is 28.8 Å². The molecule has 1 nitrogen and oxygen atoms in total. The Morgan fingerprint density at radius 3 is 2.88 bits per heavy atom. The van der Waals surface area contributed by atoms with Gasteiger partial charge in [-0.3, -0.25) is 0 Å². The largest absolute Gasteiger partial charge is 0.313 e. The lowest BCUT2D eigenvalue weighted by molar-refractivity contribution is 0.541. The molecule has 1 N–H and O–H groups in total. The molecule has 1 aromatic carbocycles. The van der Waals surface area contributed by atoms with Gasteiger partial charge in [0.15, 0.2) is 0 Å². The summed E-state index contributed by atoms with van der Waals surface area (Å²) in [4.78, 5) is 0. The summed E-state index contributed by atoms with van der Waals surface area (Å²) in [6.07, 6.45) is 2.81. The molecule has 16 heavy (non-hydrogen) atoms. The average Bonchev–Trinajstić information content (AvgIpc) is 2.23. The first-order valence-electron chi connectivity index (χ1n) is 5.29. The highest BCUT2D eigenvalue weighted by atomic mass is 79.9. The Hall–Kier alpha value is -0.0600. The van der Waals surface area contributed by atoms with Crippen LogP contribution in [0.2, 0.25) is 0 Å². The van der Waals surface area contributed by atoms with E-state index >= 15 is 0 Å². The van der Waals surface area contributed by atoms with Crippen LogP contribution in [0.4, 0.5) is 4.39 Å². The van der Waals surface area contributed by atoms with Crippen LogP contribution in [0.3, 0.4) is 0 Å². The standard InChI is InChI=1S/C12H17BrFNS/c1-9(15-5-6-16-2)7-10-3-4-11(13)8-12(10)14/h3-4,8-9,15H,5-7H2,1-2H3. The molecule has 0 saturated heterocycles. The predicted molar refractivity (Wildman–Crippen MR) is 73.7 cm³/mol. The first-order chi connectivity index (χ1) is 7.63. The highest BCUT2D eigenvalue weighted by Gasteiger charge is 2.07. The van der Waals surface area contributed by atoms with Gasteiger partial charge in [-0.25, -0.2) is 4.39 Å². The van der Waals surface area contributed by atoms with Gasteiger partial charge in [0.05, 0.1) is 0 Å². The van der Waals surface area contributed by atoms with Crippen molar-refractivity contribution in [1.29, 1.82) is 0 Å². The number of hydrogen-bond donors (Lipinski definition) is 1. The molecule has 0 fully saturated rings. The fraction of sp³-hybridized carbons (Fsp3) is 0.500. The summed E-state index contributed by atoms with van der Waals surface area (Å²) in [5.41, 5.74) is 0.771. The molecule has 4 heteroatoms. The van der Waals surface area contributed by atoms with Gasteiger partial charge in [0.2, 0.25) is 0 Å². The van der Waals surface area contributed by atoms with Crippen molar-refractivity contribution in [1.82, 2.24) is 5.32 Å². The van der Waals surface area contributed by atoms with E-state index in [1.807, 2.05) is 23.9 Å². The van der Waals surface area contributed by atoms with Gasteiger partial charge in [-0.1, -0.05) is 22.0 Å². The van der Waals surface area contributed by atoms with Crippen molar-refractivity contribution in [3.8, 4) is 0 Å². The van der Waals surface area contributed by atoms with Crippen molar-refractivity contribution < 1.29 is 4.39 Å². The Labute approximate surface area is 109 Å². The van der Waals surface area contributed by atoms with E-state index in [4.69, 9.17) is 0 Å². The first kappa shape index (κ1) is 14.0. The summed E-state index contributed by atoms with van der Waals surface area (Å²) in [5, 5.41) is 3.37.